The van der Waals surface area contributed by atoms with E-state index >= 15 is 0 Å². The van der Waals surface area contributed by atoms with E-state index in [9.17, 15) is 9.90 Å². The molecule has 0 aromatic heterocycles. The molecule has 1 N–H and O–H groups in total. The molecule has 1 aliphatic rings. The lowest BCUT2D eigenvalue weighted by Gasteiger charge is -2.32. The van der Waals surface area contributed by atoms with Gasteiger partial charge in [0.15, 0.2) is 0 Å². The molecule has 1 heterocycles. The highest BCUT2D eigenvalue weighted by Gasteiger charge is 2.24. The summed E-state index contributed by atoms with van der Waals surface area (Å²) in [6.45, 7) is 3.72. The molecule has 1 aromatic rings. The maximum absolute atomic E-state index is 12.4. The predicted octanol–water partition coefficient (Wildman–Crippen LogP) is 3.31. The van der Waals surface area contributed by atoms with Crippen molar-refractivity contribution in [3.05, 3.63) is 28.8 Å². The van der Waals surface area contributed by atoms with E-state index in [1.54, 1.807) is 6.07 Å². The normalized spacial score (nSPS) is 19.9. The van der Waals surface area contributed by atoms with Gasteiger partial charge >= 0.3 is 0 Å². The van der Waals surface area contributed by atoms with E-state index in [0.29, 0.717) is 16.5 Å². The first-order valence-electron chi connectivity index (χ1n) is 6.39. The molecule has 1 amide bonds. The molecule has 2 rings (SSSR count). The molecule has 98 valence electrons. The van der Waals surface area contributed by atoms with Crippen LogP contribution in [0.25, 0.3) is 0 Å². The molecular weight excluding hydrogens is 250 g/mol. The number of phenolic OH excluding ortho intramolecular Hbond substituents is 1. The smallest absolute Gasteiger partial charge is 0.255 e. The summed E-state index contributed by atoms with van der Waals surface area (Å²) in [5.74, 6) is 0.583. The Kier molecular flexibility index (Phi) is 4.12. The number of halogens is 1. The molecule has 1 unspecified atom stereocenters. The lowest BCUT2D eigenvalue weighted by molar-refractivity contribution is 0.0671. The monoisotopic (exact) mass is 267 g/mol. The molecule has 1 aromatic carbocycles. The van der Waals surface area contributed by atoms with Crippen LogP contribution in [0.3, 0.4) is 0 Å². The van der Waals surface area contributed by atoms with Gasteiger partial charge in [-0.2, -0.15) is 0 Å². The van der Waals surface area contributed by atoms with Gasteiger partial charge in [0.25, 0.3) is 5.91 Å². The fourth-order valence-electron chi connectivity index (χ4n) is 2.43. The third-order valence-electron chi connectivity index (χ3n) is 3.56. The topological polar surface area (TPSA) is 40.5 Å². The Morgan fingerprint density at radius 1 is 1.56 bits per heavy atom. The third-order valence-corrected chi connectivity index (χ3v) is 3.89. The van der Waals surface area contributed by atoms with E-state index < -0.39 is 0 Å². The minimum atomic E-state index is -0.0750. The maximum atomic E-state index is 12.4. The molecular formula is C14H18ClNO2. The van der Waals surface area contributed by atoms with Crippen LogP contribution in [-0.4, -0.2) is 29.0 Å². The van der Waals surface area contributed by atoms with Crippen molar-refractivity contribution in [1.29, 1.82) is 0 Å². The van der Waals surface area contributed by atoms with Crippen LogP contribution in [0, 0.1) is 5.92 Å². The van der Waals surface area contributed by atoms with Crippen molar-refractivity contribution in [3.63, 3.8) is 0 Å². The number of hydrogen-bond acceptors (Lipinski definition) is 2. The highest BCUT2D eigenvalue weighted by Crippen LogP contribution is 2.26. The van der Waals surface area contributed by atoms with Gasteiger partial charge in [0.1, 0.15) is 5.75 Å². The van der Waals surface area contributed by atoms with E-state index in [4.69, 9.17) is 11.6 Å². The van der Waals surface area contributed by atoms with Crippen molar-refractivity contribution < 1.29 is 9.90 Å². The highest BCUT2D eigenvalue weighted by molar-refractivity contribution is 6.33. The van der Waals surface area contributed by atoms with Gasteiger partial charge in [-0.25, -0.2) is 0 Å². The summed E-state index contributed by atoms with van der Waals surface area (Å²) in [5, 5.41) is 9.85. The molecule has 0 radical (unpaired) electrons. The average Bonchev–Trinajstić information content (AvgIpc) is 2.41. The van der Waals surface area contributed by atoms with Gasteiger partial charge in [-0.1, -0.05) is 24.9 Å². The fraction of sp³-hybridized carbons (Fsp3) is 0.500. The van der Waals surface area contributed by atoms with Crippen LogP contribution < -0.4 is 0 Å². The second-order valence-corrected chi connectivity index (χ2v) is 5.24. The van der Waals surface area contributed by atoms with Gasteiger partial charge in [-0.15, -0.1) is 0 Å². The summed E-state index contributed by atoms with van der Waals surface area (Å²) in [7, 11) is 0. The van der Waals surface area contributed by atoms with Gasteiger partial charge < -0.3 is 10.0 Å². The van der Waals surface area contributed by atoms with Crippen LogP contribution >= 0.6 is 11.6 Å². The van der Waals surface area contributed by atoms with Gasteiger partial charge in [0, 0.05) is 13.1 Å². The second kappa shape index (κ2) is 5.61. The Hall–Kier alpha value is -1.22. The number of amides is 1. The fourth-order valence-corrected chi connectivity index (χ4v) is 2.63. The quantitative estimate of drug-likeness (QED) is 0.893. The Bertz CT molecular complexity index is 447. The summed E-state index contributed by atoms with van der Waals surface area (Å²) in [6.07, 6.45) is 3.33. The molecule has 4 heteroatoms. The van der Waals surface area contributed by atoms with Gasteiger partial charge in [-0.3, -0.25) is 4.79 Å². The first-order chi connectivity index (χ1) is 8.61. The number of hydrogen-bond donors (Lipinski definition) is 1. The zero-order chi connectivity index (χ0) is 13.1. The SMILES string of the molecule is CCC1CCCN(C(=O)c2cc(O)ccc2Cl)C1. The van der Waals surface area contributed by atoms with Crippen molar-refractivity contribution in [2.24, 2.45) is 5.92 Å². The minimum absolute atomic E-state index is 0.0750. The number of carbonyl (C=O) groups excluding carboxylic acids is 1. The van der Waals surface area contributed by atoms with Crippen molar-refractivity contribution in [2.75, 3.05) is 13.1 Å². The van der Waals surface area contributed by atoms with Gasteiger partial charge in [-0.05, 0) is 37.0 Å². The molecule has 0 spiro atoms. The lowest BCUT2D eigenvalue weighted by atomic mass is 9.95. The lowest BCUT2D eigenvalue weighted by Crippen LogP contribution is -2.39. The van der Waals surface area contributed by atoms with E-state index in [0.717, 1.165) is 25.9 Å². The standard InChI is InChI=1S/C14H18ClNO2/c1-2-10-4-3-7-16(9-10)14(18)12-8-11(17)5-6-13(12)15/h5-6,8,10,17H,2-4,7,9H2,1H3. The molecule has 1 atom stereocenters. The average molecular weight is 268 g/mol. The van der Waals surface area contributed by atoms with Crippen molar-refractivity contribution in [3.8, 4) is 5.75 Å². The summed E-state index contributed by atoms with van der Waals surface area (Å²) in [5.41, 5.74) is 0.397. The van der Waals surface area contributed by atoms with E-state index in [-0.39, 0.29) is 11.7 Å². The summed E-state index contributed by atoms with van der Waals surface area (Å²) < 4.78 is 0. The number of benzene rings is 1. The van der Waals surface area contributed by atoms with Gasteiger partial charge in [0.05, 0.1) is 10.6 Å². The summed E-state index contributed by atoms with van der Waals surface area (Å²) >= 11 is 6.02. The Labute approximate surface area is 112 Å². The Morgan fingerprint density at radius 3 is 3.06 bits per heavy atom. The minimum Gasteiger partial charge on any atom is -0.508 e. The summed E-state index contributed by atoms with van der Waals surface area (Å²) in [4.78, 5) is 14.2. The van der Waals surface area contributed by atoms with E-state index in [1.807, 2.05) is 4.90 Å². The first-order valence-corrected chi connectivity index (χ1v) is 6.77. The number of piperidine rings is 1. The third kappa shape index (κ3) is 2.78. The Balaban J connectivity index is 2.17. The molecule has 1 saturated heterocycles. The van der Waals surface area contributed by atoms with E-state index in [2.05, 4.69) is 6.92 Å². The van der Waals surface area contributed by atoms with Crippen LogP contribution in [0.5, 0.6) is 5.75 Å². The van der Waals surface area contributed by atoms with Crippen LogP contribution in [0.15, 0.2) is 18.2 Å². The molecule has 1 fully saturated rings. The van der Waals surface area contributed by atoms with Crippen LogP contribution in [0.4, 0.5) is 0 Å². The highest BCUT2D eigenvalue weighted by atomic mass is 35.5. The number of rotatable bonds is 2. The van der Waals surface area contributed by atoms with Crippen LogP contribution in [0.1, 0.15) is 36.5 Å². The van der Waals surface area contributed by atoms with E-state index in [1.165, 1.54) is 18.6 Å². The van der Waals surface area contributed by atoms with Crippen molar-refractivity contribution in [1.82, 2.24) is 4.90 Å². The Morgan fingerprint density at radius 2 is 2.33 bits per heavy atom. The number of phenols is 1. The number of carbonyl (C=O) groups is 1. The zero-order valence-corrected chi connectivity index (χ0v) is 11.3. The molecule has 1 aliphatic heterocycles. The summed E-state index contributed by atoms with van der Waals surface area (Å²) in [6, 6.07) is 4.50. The molecule has 18 heavy (non-hydrogen) atoms. The van der Waals surface area contributed by atoms with Crippen LogP contribution in [-0.2, 0) is 0 Å². The maximum Gasteiger partial charge on any atom is 0.255 e. The number of likely N-dealkylation sites (tertiary alicyclic amines) is 1. The van der Waals surface area contributed by atoms with Crippen molar-refractivity contribution >= 4 is 17.5 Å². The second-order valence-electron chi connectivity index (χ2n) is 4.83. The number of nitrogens with zero attached hydrogens (tertiary/aromatic N) is 1. The largest absolute Gasteiger partial charge is 0.508 e. The van der Waals surface area contributed by atoms with Crippen molar-refractivity contribution in [2.45, 2.75) is 26.2 Å². The molecule has 0 aliphatic carbocycles. The molecule has 3 nitrogen and oxygen atoms in total. The van der Waals surface area contributed by atoms with Crippen LogP contribution in [0.2, 0.25) is 5.02 Å². The predicted molar refractivity (Wildman–Crippen MR) is 72.0 cm³/mol. The first kappa shape index (κ1) is 13.2. The molecule has 0 saturated carbocycles. The molecule has 0 bridgehead atoms. The van der Waals surface area contributed by atoms with Gasteiger partial charge in [0.2, 0.25) is 0 Å². The zero-order valence-electron chi connectivity index (χ0n) is 10.5. The number of aromatic hydroxyl groups is 1.